The van der Waals surface area contributed by atoms with Gasteiger partial charge in [-0.15, -0.1) is 0 Å². The molecule has 6 nitrogen and oxygen atoms in total. The van der Waals surface area contributed by atoms with Gasteiger partial charge >= 0.3 is 0 Å². The number of aromatic nitrogens is 3. The number of hydrogen-bond acceptors (Lipinski definition) is 4. The lowest BCUT2D eigenvalue weighted by Crippen LogP contribution is -2.29. The number of amides is 1. The van der Waals surface area contributed by atoms with E-state index in [4.69, 9.17) is 0 Å². The third-order valence-electron chi connectivity index (χ3n) is 3.04. The van der Waals surface area contributed by atoms with Crippen molar-refractivity contribution < 1.29 is 4.79 Å². The van der Waals surface area contributed by atoms with Gasteiger partial charge in [0.15, 0.2) is 5.82 Å². The lowest BCUT2D eigenvalue weighted by molar-refractivity contribution is -0.120. The maximum atomic E-state index is 12.1. The van der Waals surface area contributed by atoms with Gasteiger partial charge in [0, 0.05) is 24.0 Å². The number of aryl methyl sites for hydroxylation is 1. The quantitative estimate of drug-likeness (QED) is 0.864. The third kappa shape index (κ3) is 3.75. The Morgan fingerprint density at radius 2 is 2.19 bits per heavy atom. The van der Waals surface area contributed by atoms with Crippen LogP contribution in [0.2, 0.25) is 0 Å². The first-order valence-electron chi connectivity index (χ1n) is 6.89. The normalized spacial score (nSPS) is 10.4. The molecule has 2 aromatic rings. The van der Waals surface area contributed by atoms with E-state index in [0.29, 0.717) is 29.3 Å². The molecule has 2 heterocycles. The Balaban J connectivity index is 2.26. The van der Waals surface area contributed by atoms with Crippen molar-refractivity contribution in [1.29, 1.82) is 0 Å². The molecular formula is C15H18N4O2. The second-order valence-corrected chi connectivity index (χ2v) is 4.72. The molecule has 2 rings (SSSR count). The Kier molecular flexibility index (Phi) is 4.81. The summed E-state index contributed by atoms with van der Waals surface area (Å²) in [5.41, 5.74) is 1.24. The smallest absolute Gasteiger partial charge is 0.255 e. The van der Waals surface area contributed by atoms with Gasteiger partial charge in [0.25, 0.3) is 5.56 Å². The molecule has 0 radical (unpaired) electrons. The lowest BCUT2D eigenvalue weighted by atomic mass is 10.1. The minimum Gasteiger partial charge on any atom is -0.356 e. The fraction of sp³-hybridized carbons (Fsp3) is 0.333. The minimum absolute atomic E-state index is 0.0384. The zero-order valence-electron chi connectivity index (χ0n) is 12.1. The van der Waals surface area contributed by atoms with E-state index < -0.39 is 0 Å². The van der Waals surface area contributed by atoms with Gasteiger partial charge in [0.05, 0.1) is 6.42 Å². The molecule has 2 aromatic heterocycles. The summed E-state index contributed by atoms with van der Waals surface area (Å²) in [7, 11) is 0. The Labute approximate surface area is 122 Å². The van der Waals surface area contributed by atoms with Gasteiger partial charge in [-0.1, -0.05) is 13.0 Å². The van der Waals surface area contributed by atoms with Crippen molar-refractivity contribution >= 4 is 5.91 Å². The first kappa shape index (κ1) is 14.9. The Morgan fingerprint density at radius 1 is 1.38 bits per heavy atom. The first-order chi connectivity index (χ1) is 10.1. The van der Waals surface area contributed by atoms with E-state index >= 15 is 0 Å². The van der Waals surface area contributed by atoms with E-state index in [1.54, 1.807) is 25.3 Å². The number of hydrogen-bond donors (Lipinski definition) is 2. The Bertz CT molecular complexity index is 680. The summed E-state index contributed by atoms with van der Waals surface area (Å²) in [4.78, 5) is 35.0. The summed E-state index contributed by atoms with van der Waals surface area (Å²) in [6.45, 7) is 4.31. The summed E-state index contributed by atoms with van der Waals surface area (Å²) in [5.74, 6) is 0.244. The van der Waals surface area contributed by atoms with Crippen LogP contribution in [0.25, 0.3) is 11.5 Å². The van der Waals surface area contributed by atoms with Crippen LogP contribution in [0.15, 0.2) is 29.2 Å². The number of aromatic amines is 1. The summed E-state index contributed by atoms with van der Waals surface area (Å²) in [6.07, 6.45) is 2.53. The zero-order valence-corrected chi connectivity index (χ0v) is 12.1. The largest absolute Gasteiger partial charge is 0.356 e. The van der Waals surface area contributed by atoms with Crippen molar-refractivity contribution in [3.63, 3.8) is 0 Å². The standard InChI is InChI=1S/C15H18N4O2/c1-3-7-17-13(20)9-11-10(2)18-14(19-15(11)21)12-6-4-5-8-16-12/h4-6,8H,3,7,9H2,1-2H3,(H,17,20)(H,18,19,21). The second kappa shape index (κ2) is 6.78. The highest BCUT2D eigenvalue weighted by Gasteiger charge is 2.13. The summed E-state index contributed by atoms with van der Waals surface area (Å²) in [6, 6.07) is 5.38. The molecule has 0 aliphatic rings. The minimum atomic E-state index is -0.296. The molecule has 0 saturated heterocycles. The molecule has 0 aliphatic carbocycles. The number of rotatable bonds is 5. The number of pyridine rings is 1. The summed E-state index contributed by atoms with van der Waals surface area (Å²) in [5, 5.41) is 2.75. The highest BCUT2D eigenvalue weighted by molar-refractivity contribution is 5.78. The fourth-order valence-electron chi connectivity index (χ4n) is 1.93. The number of H-pyrrole nitrogens is 1. The van der Waals surface area contributed by atoms with E-state index in [-0.39, 0.29) is 17.9 Å². The van der Waals surface area contributed by atoms with E-state index in [9.17, 15) is 9.59 Å². The first-order valence-corrected chi connectivity index (χ1v) is 6.89. The van der Waals surface area contributed by atoms with Crippen molar-refractivity contribution in [1.82, 2.24) is 20.3 Å². The fourth-order valence-corrected chi connectivity index (χ4v) is 1.93. The van der Waals surface area contributed by atoms with Crippen LogP contribution >= 0.6 is 0 Å². The van der Waals surface area contributed by atoms with Gasteiger partial charge in [0.1, 0.15) is 5.69 Å². The van der Waals surface area contributed by atoms with E-state index in [1.165, 1.54) is 0 Å². The number of nitrogens with zero attached hydrogens (tertiary/aromatic N) is 2. The molecule has 2 N–H and O–H groups in total. The molecule has 1 amide bonds. The van der Waals surface area contributed by atoms with E-state index in [2.05, 4.69) is 20.3 Å². The van der Waals surface area contributed by atoms with Crippen LogP contribution in [0.3, 0.4) is 0 Å². The maximum absolute atomic E-state index is 12.1. The summed E-state index contributed by atoms with van der Waals surface area (Å²) >= 11 is 0. The topological polar surface area (TPSA) is 87.7 Å². The molecule has 0 fully saturated rings. The van der Waals surface area contributed by atoms with Crippen molar-refractivity contribution in [3.8, 4) is 11.5 Å². The molecule has 6 heteroatoms. The van der Waals surface area contributed by atoms with Crippen LogP contribution in [-0.2, 0) is 11.2 Å². The molecular weight excluding hydrogens is 268 g/mol. The van der Waals surface area contributed by atoms with Gasteiger partial charge in [-0.2, -0.15) is 0 Å². The average Bonchev–Trinajstić information content (AvgIpc) is 2.49. The van der Waals surface area contributed by atoms with E-state index in [1.807, 2.05) is 13.0 Å². The molecule has 21 heavy (non-hydrogen) atoms. The maximum Gasteiger partial charge on any atom is 0.255 e. The zero-order chi connectivity index (χ0) is 15.2. The third-order valence-corrected chi connectivity index (χ3v) is 3.04. The monoisotopic (exact) mass is 286 g/mol. The van der Waals surface area contributed by atoms with Gasteiger partial charge in [-0.25, -0.2) is 4.98 Å². The molecule has 0 saturated carbocycles. The molecule has 0 unspecified atom stereocenters. The predicted octanol–water partition coefficient (Wildman–Crippen LogP) is 1.21. The highest BCUT2D eigenvalue weighted by atomic mass is 16.2. The van der Waals surface area contributed by atoms with Crippen molar-refractivity contribution in [3.05, 3.63) is 46.0 Å². The van der Waals surface area contributed by atoms with Crippen LogP contribution in [0.4, 0.5) is 0 Å². The van der Waals surface area contributed by atoms with Crippen LogP contribution in [0, 0.1) is 6.92 Å². The van der Waals surface area contributed by atoms with Crippen LogP contribution in [0.5, 0.6) is 0 Å². The number of nitrogens with one attached hydrogen (secondary N) is 2. The van der Waals surface area contributed by atoms with Crippen molar-refractivity contribution in [2.45, 2.75) is 26.7 Å². The van der Waals surface area contributed by atoms with Gasteiger partial charge in [0.2, 0.25) is 5.91 Å². The van der Waals surface area contributed by atoms with Crippen LogP contribution in [-0.4, -0.2) is 27.4 Å². The Morgan fingerprint density at radius 3 is 2.81 bits per heavy atom. The second-order valence-electron chi connectivity index (χ2n) is 4.72. The molecule has 0 bridgehead atoms. The van der Waals surface area contributed by atoms with E-state index in [0.717, 1.165) is 6.42 Å². The molecule has 110 valence electrons. The van der Waals surface area contributed by atoms with Gasteiger partial charge in [-0.05, 0) is 25.5 Å². The molecule has 0 atom stereocenters. The molecule has 0 aliphatic heterocycles. The van der Waals surface area contributed by atoms with Crippen molar-refractivity contribution in [2.75, 3.05) is 6.54 Å². The number of carbonyl (C=O) groups excluding carboxylic acids is 1. The molecule has 0 spiro atoms. The van der Waals surface area contributed by atoms with Crippen molar-refractivity contribution in [2.24, 2.45) is 0 Å². The van der Waals surface area contributed by atoms with Crippen LogP contribution in [0.1, 0.15) is 24.6 Å². The predicted molar refractivity (Wildman–Crippen MR) is 79.8 cm³/mol. The van der Waals surface area contributed by atoms with Gasteiger partial charge < -0.3 is 10.3 Å². The van der Waals surface area contributed by atoms with Gasteiger partial charge in [-0.3, -0.25) is 14.6 Å². The van der Waals surface area contributed by atoms with Crippen LogP contribution < -0.4 is 10.9 Å². The Hall–Kier alpha value is -2.50. The number of carbonyl (C=O) groups is 1. The lowest BCUT2D eigenvalue weighted by Gasteiger charge is -2.07. The molecule has 0 aromatic carbocycles. The average molecular weight is 286 g/mol. The summed E-state index contributed by atoms with van der Waals surface area (Å²) < 4.78 is 0. The SMILES string of the molecule is CCCNC(=O)Cc1c(C)nc(-c2ccccn2)[nH]c1=O. The highest BCUT2D eigenvalue weighted by Crippen LogP contribution is 2.11.